The van der Waals surface area contributed by atoms with Gasteiger partial charge >= 0.3 is 0 Å². The van der Waals surface area contributed by atoms with Crippen LogP contribution in [-0.2, 0) is 6.54 Å². The number of hydrogen-bond acceptors (Lipinski definition) is 2. The van der Waals surface area contributed by atoms with Gasteiger partial charge in [0.1, 0.15) is 6.07 Å². The van der Waals surface area contributed by atoms with Gasteiger partial charge in [0.05, 0.1) is 5.69 Å². The lowest BCUT2D eigenvalue weighted by atomic mass is 10.2. The summed E-state index contributed by atoms with van der Waals surface area (Å²) < 4.78 is 1.95. The van der Waals surface area contributed by atoms with Crippen molar-refractivity contribution in [3.63, 3.8) is 0 Å². The van der Waals surface area contributed by atoms with Crippen molar-refractivity contribution in [3.05, 3.63) is 29.4 Å². The number of rotatable bonds is 3. The van der Waals surface area contributed by atoms with E-state index in [1.54, 1.807) is 0 Å². The van der Waals surface area contributed by atoms with Gasteiger partial charge in [0.25, 0.3) is 0 Å². The van der Waals surface area contributed by atoms with Crippen LogP contribution in [0.2, 0.25) is 0 Å². The highest BCUT2D eigenvalue weighted by Gasteiger charge is 2.09. The number of nitriles is 1. The lowest BCUT2D eigenvalue weighted by Crippen LogP contribution is -2.03. The van der Waals surface area contributed by atoms with Crippen molar-refractivity contribution in [2.45, 2.75) is 33.7 Å². The summed E-state index contributed by atoms with van der Waals surface area (Å²) in [4.78, 5) is 4.18. The number of allylic oxidation sites excluding steroid dienone is 1. The van der Waals surface area contributed by atoms with E-state index in [9.17, 15) is 0 Å². The van der Waals surface area contributed by atoms with Gasteiger partial charge in [0.2, 0.25) is 5.82 Å². The van der Waals surface area contributed by atoms with Crippen molar-refractivity contribution >= 4 is 0 Å². The van der Waals surface area contributed by atoms with Crippen molar-refractivity contribution in [1.82, 2.24) is 9.55 Å². The minimum absolute atomic E-state index is 0.501. The first-order chi connectivity index (χ1) is 6.56. The van der Waals surface area contributed by atoms with Gasteiger partial charge in [-0.3, -0.25) is 0 Å². The van der Waals surface area contributed by atoms with Gasteiger partial charge in [-0.1, -0.05) is 5.57 Å². The van der Waals surface area contributed by atoms with Crippen molar-refractivity contribution < 1.29 is 0 Å². The Balaban J connectivity index is 2.95. The molecule has 1 aromatic heterocycles. The Labute approximate surface area is 84.7 Å². The first-order valence-corrected chi connectivity index (χ1v) is 4.64. The first-order valence-electron chi connectivity index (χ1n) is 4.64. The topological polar surface area (TPSA) is 41.6 Å². The van der Waals surface area contributed by atoms with Gasteiger partial charge in [-0.05, 0) is 27.2 Å². The smallest absolute Gasteiger partial charge is 0.213 e. The second kappa shape index (κ2) is 4.10. The maximum atomic E-state index is 8.87. The summed E-state index contributed by atoms with van der Waals surface area (Å²) in [5.74, 6) is 0.501. The van der Waals surface area contributed by atoms with E-state index in [-0.39, 0.29) is 0 Å². The standard InChI is InChI=1S/C11H15N3/c1-8(2)5-6-14-10(4)9(3)13-11(14)7-12/h1,5-6H2,2-4H3. The minimum Gasteiger partial charge on any atom is -0.319 e. The third-order valence-electron chi connectivity index (χ3n) is 2.32. The fraction of sp³-hybridized carbons (Fsp3) is 0.455. The molecule has 1 rings (SSSR count). The molecular weight excluding hydrogens is 174 g/mol. The van der Waals surface area contributed by atoms with Crippen molar-refractivity contribution in [1.29, 1.82) is 5.26 Å². The summed E-state index contributed by atoms with van der Waals surface area (Å²) in [6.45, 7) is 10.5. The normalized spacial score (nSPS) is 9.86. The molecule has 0 unspecified atom stereocenters. The molecule has 0 saturated heterocycles. The molecule has 3 nitrogen and oxygen atoms in total. The molecule has 0 amide bonds. The van der Waals surface area contributed by atoms with Crippen LogP contribution in [0.1, 0.15) is 30.6 Å². The number of aromatic nitrogens is 2. The molecule has 0 bridgehead atoms. The van der Waals surface area contributed by atoms with Crippen LogP contribution < -0.4 is 0 Å². The van der Waals surface area contributed by atoms with Crippen molar-refractivity contribution in [2.24, 2.45) is 0 Å². The van der Waals surface area contributed by atoms with Crippen LogP contribution in [0.5, 0.6) is 0 Å². The number of nitrogens with zero attached hydrogens (tertiary/aromatic N) is 3. The quantitative estimate of drug-likeness (QED) is 0.685. The third kappa shape index (κ3) is 2.02. The van der Waals surface area contributed by atoms with Crippen LogP contribution in [-0.4, -0.2) is 9.55 Å². The fourth-order valence-electron chi connectivity index (χ4n) is 1.32. The summed E-state index contributed by atoms with van der Waals surface area (Å²) in [7, 11) is 0. The zero-order valence-electron chi connectivity index (χ0n) is 8.96. The second-order valence-corrected chi connectivity index (χ2v) is 3.58. The maximum absolute atomic E-state index is 8.87. The summed E-state index contributed by atoms with van der Waals surface area (Å²) in [6.07, 6.45) is 0.894. The van der Waals surface area contributed by atoms with Crippen molar-refractivity contribution in [3.8, 4) is 6.07 Å². The lowest BCUT2D eigenvalue weighted by molar-refractivity contribution is 0.665. The highest BCUT2D eigenvalue weighted by Crippen LogP contribution is 2.11. The molecule has 0 radical (unpaired) electrons. The SMILES string of the molecule is C=C(C)CCn1c(C#N)nc(C)c1C. The molecule has 0 aliphatic heterocycles. The molecule has 1 aromatic rings. The zero-order chi connectivity index (χ0) is 10.7. The van der Waals surface area contributed by atoms with Gasteiger partial charge in [-0.25, -0.2) is 4.98 Å². The number of imidazole rings is 1. The Bertz CT molecular complexity index is 393. The van der Waals surface area contributed by atoms with Gasteiger partial charge in [-0.15, -0.1) is 6.58 Å². The highest BCUT2D eigenvalue weighted by atomic mass is 15.1. The predicted molar refractivity (Wildman–Crippen MR) is 55.8 cm³/mol. The molecule has 74 valence electrons. The largest absolute Gasteiger partial charge is 0.319 e. The van der Waals surface area contributed by atoms with E-state index >= 15 is 0 Å². The molecule has 1 heterocycles. The Hall–Kier alpha value is -1.56. The first kappa shape index (κ1) is 10.5. The zero-order valence-corrected chi connectivity index (χ0v) is 8.96. The monoisotopic (exact) mass is 189 g/mol. The molecule has 0 aliphatic rings. The van der Waals surface area contributed by atoms with Crippen LogP contribution >= 0.6 is 0 Å². The van der Waals surface area contributed by atoms with Crippen LogP contribution in [0, 0.1) is 25.2 Å². The summed E-state index contributed by atoms with van der Waals surface area (Å²) in [5.41, 5.74) is 3.13. The molecule has 0 saturated carbocycles. The van der Waals surface area contributed by atoms with Crippen LogP contribution in [0.25, 0.3) is 0 Å². The Morgan fingerprint density at radius 1 is 1.57 bits per heavy atom. The van der Waals surface area contributed by atoms with E-state index in [0.717, 1.165) is 29.9 Å². The lowest BCUT2D eigenvalue weighted by Gasteiger charge is -2.05. The predicted octanol–water partition coefficient (Wildman–Crippen LogP) is 2.34. The minimum atomic E-state index is 0.501. The summed E-state index contributed by atoms with van der Waals surface area (Å²) >= 11 is 0. The molecule has 0 atom stereocenters. The number of hydrogen-bond donors (Lipinski definition) is 0. The Morgan fingerprint density at radius 3 is 2.71 bits per heavy atom. The van der Waals surface area contributed by atoms with Gasteiger partial charge in [0, 0.05) is 12.2 Å². The Kier molecular flexibility index (Phi) is 3.08. The van der Waals surface area contributed by atoms with Gasteiger partial charge < -0.3 is 4.57 Å². The molecule has 14 heavy (non-hydrogen) atoms. The number of aryl methyl sites for hydroxylation is 1. The van der Waals surface area contributed by atoms with E-state index in [4.69, 9.17) is 5.26 Å². The molecule has 0 aromatic carbocycles. The fourth-order valence-corrected chi connectivity index (χ4v) is 1.32. The van der Waals surface area contributed by atoms with Crippen LogP contribution in [0.3, 0.4) is 0 Å². The van der Waals surface area contributed by atoms with Crippen LogP contribution in [0.4, 0.5) is 0 Å². The third-order valence-corrected chi connectivity index (χ3v) is 2.32. The molecule has 0 spiro atoms. The molecule has 3 heteroatoms. The average Bonchev–Trinajstić information content (AvgIpc) is 2.40. The molecule has 0 N–H and O–H groups in total. The van der Waals surface area contributed by atoms with E-state index in [2.05, 4.69) is 17.6 Å². The summed E-state index contributed by atoms with van der Waals surface area (Å²) in [5, 5.41) is 8.87. The molecule has 0 fully saturated rings. The van der Waals surface area contributed by atoms with E-state index in [1.165, 1.54) is 0 Å². The maximum Gasteiger partial charge on any atom is 0.213 e. The van der Waals surface area contributed by atoms with E-state index in [1.807, 2.05) is 25.3 Å². The molecule has 0 aliphatic carbocycles. The van der Waals surface area contributed by atoms with Crippen molar-refractivity contribution in [2.75, 3.05) is 0 Å². The van der Waals surface area contributed by atoms with E-state index in [0.29, 0.717) is 5.82 Å². The van der Waals surface area contributed by atoms with Crippen LogP contribution in [0.15, 0.2) is 12.2 Å². The van der Waals surface area contributed by atoms with Gasteiger partial charge in [-0.2, -0.15) is 5.26 Å². The van der Waals surface area contributed by atoms with E-state index < -0.39 is 0 Å². The second-order valence-electron chi connectivity index (χ2n) is 3.58. The highest BCUT2D eigenvalue weighted by molar-refractivity contribution is 5.22. The van der Waals surface area contributed by atoms with Gasteiger partial charge in [0.15, 0.2) is 0 Å². The summed E-state index contributed by atoms with van der Waals surface area (Å²) in [6, 6.07) is 2.10. The Morgan fingerprint density at radius 2 is 2.21 bits per heavy atom. The molecular formula is C11H15N3. The average molecular weight is 189 g/mol.